The number of sulfonamides is 1. The molecule has 2 saturated heterocycles. The summed E-state index contributed by atoms with van der Waals surface area (Å²) in [5.74, 6) is -0.0871. The quantitative estimate of drug-likeness (QED) is 0.521. The zero-order valence-corrected chi connectivity index (χ0v) is 21.9. The Morgan fingerprint density at radius 2 is 1.54 bits per heavy atom. The van der Waals surface area contributed by atoms with Crippen LogP contribution in [0.4, 0.5) is 17.1 Å². The maximum Gasteiger partial charge on any atom is 0.261 e. The number of carbonyl (C=O) groups is 1. The minimum absolute atomic E-state index is 0.0871. The van der Waals surface area contributed by atoms with Crippen LogP contribution in [0, 0.1) is 6.92 Å². The standard InChI is InChI=1S/C28H33N5O3S/c1-22-6-5-7-24(20-22)31-16-18-33(19-17-31)28(34)23-10-11-27(32-14-12-29-13-15-32)26(21-23)30-37(35,36)25-8-3-2-4-9-25/h2-11,20-21,29-30H,12-19H2,1H3. The van der Waals surface area contributed by atoms with Crippen molar-refractivity contribution in [2.75, 3.05) is 66.9 Å². The molecule has 8 nitrogen and oxygen atoms in total. The Kier molecular flexibility index (Phi) is 7.34. The number of nitrogens with zero attached hydrogens (tertiary/aromatic N) is 3. The fraction of sp³-hybridized carbons (Fsp3) is 0.321. The van der Waals surface area contributed by atoms with Crippen molar-refractivity contribution in [1.29, 1.82) is 0 Å². The van der Waals surface area contributed by atoms with Gasteiger partial charge in [0.05, 0.1) is 16.3 Å². The lowest BCUT2D eigenvalue weighted by Gasteiger charge is -2.36. The normalized spacial score (nSPS) is 16.5. The summed E-state index contributed by atoms with van der Waals surface area (Å²) in [5.41, 5.74) is 4.07. The molecule has 0 aromatic heterocycles. The van der Waals surface area contributed by atoms with Crippen LogP contribution in [0.3, 0.4) is 0 Å². The van der Waals surface area contributed by atoms with E-state index >= 15 is 0 Å². The van der Waals surface area contributed by atoms with E-state index in [-0.39, 0.29) is 10.8 Å². The van der Waals surface area contributed by atoms with Gasteiger partial charge in [-0.25, -0.2) is 8.42 Å². The van der Waals surface area contributed by atoms with Crippen LogP contribution in [0.1, 0.15) is 15.9 Å². The molecule has 2 N–H and O–H groups in total. The summed E-state index contributed by atoms with van der Waals surface area (Å²) in [4.78, 5) is 20.0. The number of hydrogen-bond acceptors (Lipinski definition) is 6. The zero-order chi connectivity index (χ0) is 25.8. The number of amides is 1. The molecule has 2 aliphatic heterocycles. The highest BCUT2D eigenvalue weighted by atomic mass is 32.2. The third-order valence-corrected chi connectivity index (χ3v) is 8.31. The predicted octanol–water partition coefficient (Wildman–Crippen LogP) is 3.17. The lowest BCUT2D eigenvalue weighted by Crippen LogP contribution is -2.48. The largest absolute Gasteiger partial charge is 0.368 e. The molecule has 0 radical (unpaired) electrons. The van der Waals surface area contributed by atoms with Gasteiger partial charge in [-0.05, 0) is 55.0 Å². The lowest BCUT2D eigenvalue weighted by molar-refractivity contribution is 0.0747. The first-order valence-electron chi connectivity index (χ1n) is 12.7. The molecule has 2 aliphatic rings. The van der Waals surface area contributed by atoms with Gasteiger partial charge in [0.15, 0.2) is 0 Å². The number of rotatable bonds is 6. The SMILES string of the molecule is Cc1cccc(N2CCN(C(=O)c3ccc(N4CCNCC4)c(NS(=O)(=O)c4ccccc4)c3)CC2)c1. The first-order chi connectivity index (χ1) is 17.9. The third kappa shape index (κ3) is 5.73. The van der Waals surface area contributed by atoms with Gasteiger partial charge < -0.3 is 20.0 Å². The number of aryl methyl sites for hydroxylation is 1. The topological polar surface area (TPSA) is 85.0 Å². The smallest absolute Gasteiger partial charge is 0.261 e. The van der Waals surface area contributed by atoms with E-state index in [1.165, 1.54) is 11.3 Å². The maximum absolute atomic E-state index is 13.5. The number of benzene rings is 3. The molecule has 3 aromatic rings. The van der Waals surface area contributed by atoms with Crippen molar-refractivity contribution in [2.24, 2.45) is 0 Å². The molecule has 1 amide bonds. The molecule has 0 aliphatic carbocycles. The molecular weight excluding hydrogens is 486 g/mol. The number of piperazine rings is 2. The lowest BCUT2D eigenvalue weighted by atomic mass is 10.1. The summed E-state index contributed by atoms with van der Waals surface area (Å²) in [5, 5.41) is 3.32. The highest BCUT2D eigenvalue weighted by Gasteiger charge is 2.25. The second-order valence-electron chi connectivity index (χ2n) is 9.51. The second kappa shape index (κ2) is 10.8. The summed E-state index contributed by atoms with van der Waals surface area (Å²) in [6.07, 6.45) is 0. The number of carbonyl (C=O) groups excluding carboxylic acids is 1. The summed E-state index contributed by atoms with van der Waals surface area (Å²) >= 11 is 0. The van der Waals surface area contributed by atoms with Crippen molar-refractivity contribution in [3.8, 4) is 0 Å². The number of anilines is 3. The van der Waals surface area contributed by atoms with Gasteiger partial charge >= 0.3 is 0 Å². The Morgan fingerprint density at radius 3 is 2.24 bits per heavy atom. The van der Waals surface area contributed by atoms with E-state index in [4.69, 9.17) is 0 Å². The molecule has 2 fully saturated rings. The van der Waals surface area contributed by atoms with Gasteiger partial charge in [0, 0.05) is 63.6 Å². The van der Waals surface area contributed by atoms with Crippen LogP contribution in [-0.2, 0) is 10.0 Å². The molecule has 5 rings (SSSR count). The fourth-order valence-electron chi connectivity index (χ4n) is 4.91. The van der Waals surface area contributed by atoms with Crippen molar-refractivity contribution in [3.63, 3.8) is 0 Å². The second-order valence-corrected chi connectivity index (χ2v) is 11.2. The molecule has 194 valence electrons. The predicted molar refractivity (Wildman–Crippen MR) is 148 cm³/mol. The van der Waals surface area contributed by atoms with Gasteiger partial charge in [-0.15, -0.1) is 0 Å². The van der Waals surface area contributed by atoms with Crippen molar-refractivity contribution in [3.05, 3.63) is 83.9 Å². The van der Waals surface area contributed by atoms with E-state index in [1.54, 1.807) is 36.4 Å². The Labute approximate surface area is 218 Å². The summed E-state index contributed by atoms with van der Waals surface area (Å²) < 4.78 is 29.1. The van der Waals surface area contributed by atoms with Crippen LogP contribution in [0.2, 0.25) is 0 Å². The van der Waals surface area contributed by atoms with E-state index in [1.807, 2.05) is 17.0 Å². The minimum atomic E-state index is -3.81. The molecule has 2 heterocycles. The molecule has 0 saturated carbocycles. The van der Waals surface area contributed by atoms with Crippen LogP contribution in [0.15, 0.2) is 77.7 Å². The highest BCUT2D eigenvalue weighted by Crippen LogP contribution is 2.31. The van der Waals surface area contributed by atoms with E-state index < -0.39 is 10.0 Å². The summed E-state index contributed by atoms with van der Waals surface area (Å²) in [6, 6.07) is 22.1. The Balaban J connectivity index is 1.37. The van der Waals surface area contributed by atoms with E-state index in [0.29, 0.717) is 24.3 Å². The van der Waals surface area contributed by atoms with Gasteiger partial charge in [0.2, 0.25) is 0 Å². The van der Waals surface area contributed by atoms with Crippen molar-refractivity contribution >= 4 is 33.0 Å². The van der Waals surface area contributed by atoms with Crippen molar-refractivity contribution in [1.82, 2.24) is 10.2 Å². The first-order valence-corrected chi connectivity index (χ1v) is 14.2. The van der Waals surface area contributed by atoms with Gasteiger partial charge in [-0.3, -0.25) is 9.52 Å². The number of hydrogen-bond donors (Lipinski definition) is 2. The van der Waals surface area contributed by atoms with Crippen LogP contribution < -0.4 is 19.8 Å². The first kappa shape index (κ1) is 25.1. The Morgan fingerprint density at radius 1 is 0.811 bits per heavy atom. The summed E-state index contributed by atoms with van der Waals surface area (Å²) in [7, 11) is -3.81. The minimum Gasteiger partial charge on any atom is -0.368 e. The van der Waals surface area contributed by atoms with Gasteiger partial charge in [0.1, 0.15) is 0 Å². The fourth-order valence-corrected chi connectivity index (χ4v) is 6.00. The maximum atomic E-state index is 13.5. The average molecular weight is 520 g/mol. The monoisotopic (exact) mass is 519 g/mol. The van der Waals surface area contributed by atoms with Gasteiger partial charge in [-0.1, -0.05) is 30.3 Å². The van der Waals surface area contributed by atoms with Crippen LogP contribution >= 0.6 is 0 Å². The molecule has 0 atom stereocenters. The van der Waals surface area contributed by atoms with Crippen molar-refractivity contribution in [2.45, 2.75) is 11.8 Å². The van der Waals surface area contributed by atoms with Crippen molar-refractivity contribution < 1.29 is 13.2 Å². The third-order valence-electron chi connectivity index (χ3n) is 6.93. The zero-order valence-electron chi connectivity index (χ0n) is 21.1. The molecule has 0 unspecified atom stereocenters. The molecule has 9 heteroatoms. The van der Waals surface area contributed by atoms with E-state index in [9.17, 15) is 13.2 Å². The van der Waals surface area contributed by atoms with Gasteiger partial charge in [0.25, 0.3) is 15.9 Å². The van der Waals surface area contributed by atoms with E-state index in [0.717, 1.165) is 45.0 Å². The Hall–Kier alpha value is -3.56. The van der Waals surface area contributed by atoms with Crippen LogP contribution in [0.25, 0.3) is 0 Å². The average Bonchev–Trinajstić information content (AvgIpc) is 2.93. The van der Waals surface area contributed by atoms with Gasteiger partial charge in [-0.2, -0.15) is 0 Å². The number of nitrogens with one attached hydrogen (secondary N) is 2. The Bertz CT molecular complexity index is 1350. The molecule has 0 spiro atoms. The molecule has 3 aromatic carbocycles. The highest BCUT2D eigenvalue weighted by molar-refractivity contribution is 7.92. The van der Waals surface area contributed by atoms with Crippen LogP contribution in [-0.4, -0.2) is 71.6 Å². The molecule has 37 heavy (non-hydrogen) atoms. The summed E-state index contributed by atoms with van der Waals surface area (Å²) in [6.45, 7) is 7.95. The molecular formula is C28H33N5O3S. The van der Waals surface area contributed by atoms with Crippen LogP contribution in [0.5, 0.6) is 0 Å². The molecule has 0 bridgehead atoms. The van der Waals surface area contributed by atoms with E-state index in [2.05, 4.69) is 51.0 Å².